The topological polar surface area (TPSA) is 46.9 Å². The quantitative estimate of drug-likeness (QED) is 0.748. The van der Waals surface area contributed by atoms with Crippen LogP contribution in [0.2, 0.25) is 0 Å². The number of rotatable bonds is 4. The van der Waals surface area contributed by atoms with Crippen LogP contribution in [0.5, 0.6) is 0 Å². The summed E-state index contributed by atoms with van der Waals surface area (Å²) in [5.41, 5.74) is 1.66. The van der Waals surface area contributed by atoms with E-state index in [9.17, 15) is 9.18 Å². The first kappa shape index (κ1) is 15.4. The number of anilines is 1. The van der Waals surface area contributed by atoms with Crippen molar-refractivity contribution in [3.8, 4) is 0 Å². The molecule has 1 N–H and O–H groups in total. The Morgan fingerprint density at radius 3 is 2.65 bits per heavy atom. The maximum Gasteiger partial charge on any atom is 0.255 e. The predicted octanol–water partition coefficient (Wildman–Crippen LogP) is 4.09. The smallest absolute Gasteiger partial charge is 0.255 e. The monoisotopic (exact) mass is 373 g/mol. The Hall–Kier alpha value is -2.47. The number of carbonyl (C=O) groups excluding carboxylic acids is 1. The van der Waals surface area contributed by atoms with Gasteiger partial charge < -0.3 is 5.32 Å². The molecular formula is C17H13BrFN3O. The minimum atomic E-state index is -0.275. The number of aromatic nitrogens is 2. The van der Waals surface area contributed by atoms with Gasteiger partial charge >= 0.3 is 0 Å². The van der Waals surface area contributed by atoms with Crippen molar-refractivity contribution < 1.29 is 9.18 Å². The van der Waals surface area contributed by atoms with Crippen molar-refractivity contribution in [3.05, 3.63) is 82.3 Å². The standard InChI is InChI=1S/C17H13BrFN3O/c18-14-7-5-12(6-8-14)17(23)21-15-9-20-22(11-15)10-13-3-1-2-4-16(13)19/h1-9,11H,10H2,(H,21,23). The van der Waals surface area contributed by atoms with E-state index in [0.29, 0.717) is 23.4 Å². The molecule has 0 fully saturated rings. The third-order valence-corrected chi connectivity index (χ3v) is 3.82. The molecule has 1 aromatic heterocycles. The van der Waals surface area contributed by atoms with Crippen LogP contribution in [0.15, 0.2) is 65.4 Å². The Morgan fingerprint density at radius 1 is 1.17 bits per heavy atom. The molecule has 1 heterocycles. The lowest BCUT2D eigenvalue weighted by molar-refractivity contribution is 0.102. The second-order valence-electron chi connectivity index (χ2n) is 4.98. The van der Waals surface area contributed by atoms with E-state index in [2.05, 4.69) is 26.3 Å². The molecule has 4 nitrogen and oxygen atoms in total. The first-order valence-electron chi connectivity index (χ1n) is 6.94. The van der Waals surface area contributed by atoms with Crippen LogP contribution < -0.4 is 5.32 Å². The third-order valence-electron chi connectivity index (χ3n) is 3.29. The minimum Gasteiger partial charge on any atom is -0.319 e. The molecule has 1 amide bonds. The summed E-state index contributed by atoms with van der Waals surface area (Å²) in [6.07, 6.45) is 3.21. The van der Waals surface area contributed by atoms with E-state index in [1.165, 1.54) is 12.3 Å². The number of hydrogen-bond acceptors (Lipinski definition) is 2. The summed E-state index contributed by atoms with van der Waals surface area (Å²) in [4.78, 5) is 12.1. The highest BCUT2D eigenvalue weighted by atomic mass is 79.9. The second kappa shape index (κ2) is 6.75. The Bertz CT molecular complexity index is 830. The zero-order valence-corrected chi connectivity index (χ0v) is 13.6. The predicted molar refractivity (Wildman–Crippen MR) is 89.8 cm³/mol. The molecule has 0 unspecified atom stereocenters. The van der Waals surface area contributed by atoms with Gasteiger partial charge in [0.05, 0.1) is 18.4 Å². The fraction of sp³-hybridized carbons (Fsp3) is 0.0588. The van der Waals surface area contributed by atoms with Crippen molar-refractivity contribution in [3.63, 3.8) is 0 Å². The maximum atomic E-state index is 13.6. The molecule has 0 atom stereocenters. The third kappa shape index (κ3) is 3.84. The molecule has 0 spiro atoms. The summed E-state index contributed by atoms with van der Waals surface area (Å²) in [6.45, 7) is 0.306. The highest BCUT2D eigenvalue weighted by molar-refractivity contribution is 9.10. The zero-order valence-electron chi connectivity index (χ0n) is 12.0. The fourth-order valence-corrected chi connectivity index (χ4v) is 2.38. The summed E-state index contributed by atoms with van der Waals surface area (Å²) < 4.78 is 16.1. The molecular weight excluding hydrogens is 361 g/mol. The van der Waals surface area contributed by atoms with Crippen molar-refractivity contribution in [1.82, 2.24) is 9.78 Å². The van der Waals surface area contributed by atoms with Crippen molar-refractivity contribution in [2.45, 2.75) is 6.54 Å². The van der Waals surface area contributed by atoms with Gasteiger partial charge in [0.2, 0.25) is 0 Å². The molecule has 0 aliphatic heterocycles. The minimum absolute atomic E-state index is 0.219. The molecule has 23 heavy (non-hydrogen) atoms. The SMILES string of the molecule is O=C(Nc1cnn(Cc2ccccc2F)c1)c1ccc(Br)cc1. The van der Waals surface area contributed by atoms with E-state index >= 15 is 0 Å². The number of nitrogens with one attached hydrogen (secondary N) is 1. The van der Waals surface area contributed by atoms with Gasteiger partial charge in [0.25, 0.3) is 5.91 Å². The number of nitrogens with zero attached hydrogens (tertiary/aromatic N) is 2. The van der Waals surface area contributed by atoms with Gasteiger partial charge in [-0.2, -0.15) is 5.10 Å². The molecule has 2 aromatic carbocycles. The van der Waals surface area contributed by atoms with Gasteiger partial charge in [-0.15, -0.1) is 0 Å². The lowest BCUT2D eigenvalue weighted by Crippen LogP contribution is -2.11. The molecule has 0 aliphatic rings. The lowest BCUT2D eigenvalue weighted by Gasteiger charge is -2.04. The summed E-state index contributed by atoms with van der Waals surface area (Å²) >= 11 is 3.33. The van der Waals surface area contributed by atoms with E-state index < -0.39 is 0 Å². The van der Waals surface area contributed by atoms with Crippen LogP contribution in [0, 0.1) is 5.82 Å². The first-order chi connectivity index (χ1) is 11.1. The van der Waals surface area contributed by atoms with Crippen molar-refractivity contribution >= 4 is 27.5 Å². The van der Waals surface area contributed by atoms with Crippen LogP contribution >= 0.6 is 15.9 Å². The largest absolute Gasteiger partial charge is 0.319 e. The molecule has 3 aromatic rings. The highest BCUT2D eigenvalue weighted by Crippen LogP contribution is 2.14. The number of benzene rings is 2. The fourth-order valence-electron chi connectivity index (χ4n) is 2.12. The van der Waals surface area contributed by atoms with E-state index in [1.54, 1.807) is 53.3 Å². The van der Waals surface area contributed by atoms with Crippen LogP contribution in [0.3, 0.4) is 0 Å². The van der Waals surface area contributed by atoms with E-state index in [4.69, 9.17) is 0 Å². The number of amides is 1. The molecule has 0 radical (unpaired) electrons. The summed E-state index contributed by atoms with van der Waals surface area (Å²) in [5.74, 6) is -0.494. The molecule has 3 rings (SSSR count). The van der Waals surface area contributed by atoms with Gasteiger partial charge in [-0.1, -0.05) is 34.1 Å². The molecule has 0 bridgehead atoms. The molecule has 0 saturated heterocycles. The van der Waals surface area contributed by atoms with Gasteiger partial charge in [0.15, 0.2) is 0 Å². The van der Waals surface area contributed by atoms with Gasteiger partial charge in [-0.25, -0.2) is 4.39 Å². The van der Waals surface area contributed by atoms with Crippen LogP contribution in [0.1, 0.15) is 15.9 Å². The van der Waals surface area contributed by atoms with Crippen LogP contribution in [0.4, 0.5) is 10.1 Å². The summed E-state index contributed by atoms with van der Waals surface area (Å²) in [6, 6.07) is 13.6. The van der Waals surface area contributed by atoms with Crippen molar-refractivity contribution in [2.75, 3.05) is 5.32 Å². The van der Waals surface area contributed by atoms with E-state index in [-0.39, 0.29) is 11.7 Å². The average molecular weight is 374 g/mol. The van der Waals surface area contributed by atoms with Gasteiger partial charge in [0, 0.05) is 21.8 Å². The maximum absolute atomic E-state index is 13.6. The number of hydrogen-bond donors (Lipinski definition) is 1. The molecule has 116 valence electrons. The second-order valence-corrected chi connectivity index (χ2v) is 5.89. The first-order valence-corrected chi connectivity index (χ1v) is 7.74. The Kier molecular flexibility index (Phi) is 4.52. The summed E-state index contributed by atoms with van der Waals surface area (Å²) in [5, 5.41) is 6.91. The Labute approximate surface area is 141 Å². The van der Waals surface area contributed by atoms with Crippen molar-refractivity contribution in [1.29, 1.82) is 0 Å². The average Bonchev–Trinajstić information content (AvgIpc) is 2.97. The summed E-state index contributed by atoms with van der Waals surface area (Å²) in [7, 11) is 0. The van der Waals surface area contributed by atoms with Gasteiger partial charge in [-0.05, 0) is 30.3 Å². The molecule has 6 heteroatoms. The van der Waals surface area contributed by atoms with Gasteiger partial charge in [-0.3, -0.25) is 9.48 Å². The Balaban J connectivity index is 1.68. The number of halogens is 2. The van der Waals surface area contributed by atoms with Gasteiger partial charge in [0.1, 0.15) is 5.82 Å². The van der Waals surface area contributed by atoms with Crippen LogP contribution in [-0.2, 0) is 6.54 Å². The van der Waals surface area contributed by atoms with Crippen LogP contribution in [-0.4, -0.2) is 15.7 Å². The lowest BCUT2D eigenvalue weighted by atomic mass is 10.2. The highest BCUT2D eigenvalue weighted by Gasteiger charge is 2.08. The molecule has 0 aliphatic carbocycles. The zero-order chi connectivity index (χ0) is 16.2. The van der Waals surface area contributed by atoms with E-state index in [0.717, 1.165) is 4.47 Å². The van der Waals surface area contributed by atoms with E-state index in [1.807, 2.05) is 0 Å². The normalized spacial score (nSPS) is 10.5. The Morgan fingerprint density at radius 2 is 1.91 bits per heavy atom. The molecule has 0 saturated carbocycles. The van der Waals surface area contributed by atoms with Crippen LogP contribution in [0.25, 0.3) is 0 Å². The van der Waals surface area contributed by atoms with Crippen molar-refractivity contribution in [2.24, 2.45) is 0 Å². The number of carbonyl (C=O) groups is 1.